The van der Waals surface area contributed by atoms with Crippen LogP contribution < -0.4 is 25.4 Å². The van der Waals surface area contributed by atoms with Gasteiger partial charge in [-0.1, -0.05) is 18.2 Å². The fourth-order valence-electron chi connectivity index (χ4n) is 3.19. The first-order valence-corrected chi connectivity index (χ1v) is 9.22. The van der Waals surface area contributed by atoms with Gasteiger partial charge in [-0.2, -0.15) is 0 Å². The zero-order valence-corrected chi connectivity index (χ0v) is 16.6. The summed E-state index contributed by atoms with van der Waals surface area (Å²) in [5.74, 6) is 1.96. The van der Waals surface area contributed by atoms with Gasteiger partial charge in [-0.15, -0.1) is 0 Å². The molecule has 4 rings (SSSR count). The van der Waals surface area contributed by atoms with Crippen LogP contribution in [0.5, 0.6) is 11.5 Å². The molecule has 3 aromatic rings. The molecule has 0 fully saturated rings. The molecule has 0 saturated heterocycles. The van der Waals surface area contributed by atoms with Gasteiger partial charge in [-0.3, -0.25) is 0 Å². The van der Waals surface area contributed by atoms with Crippen molar-refractivity contribution in [3.8, 4) is 11.5 Å². The average molecular weight is 407 g/mol. The molecule has 0 amide bonds. The van der Waals surface area contributed by atoms with Crippen molar-refractivity contribution >= 4 is 29.0 Å². The van der Waals surface area contributed by atoms with E-state index in [1.807, 2.05) is 24.3 Å². The summed E-state index contributed by atoms with van der Waals surface area (Å²) >= 11 is 0. The summed E-state index contributed by atoms with van der Waals surface area (Å²) < 4.78 is 15.6. The van der Waals surface area contributed by atoms with Crippen LogP contribution in [-0.4, -0.2) is 36.9 Å². The molecule has 0 spiro atoms. The third kappa shape index (κ3) is 3.64. The average Bonchev–Trinajstić information content (AvgIpc) is 3.25. The molecule has 1 aromatic heterocycles. The number of methoxy groups -OCH3 is 1. The van der Waals surface area contributed by atoms with Gasteiger partial charge < -0.3 is 30.2 Å². The number of nitrogen functional groups attached to an aromatic ring is 1. The number of carbonyl (C=O) groups is 1. The van der Waals surface area contributed by atoms with E-state index in [0.717, 1.165) is 11.3 Å². The van der Waals surface area contributed by atoms with Gasteiger partial charge in [0.25, 0.3) is 0 Å². The Labute approximate surface area is 173 Å². The van der Waals surface area contributed by atoms with Gasteiger partial charge in [0.1, 0.15) is 12.0 Å². The number of para-hydroxylation sites is 1. The van der Waals surface area contributed by atoms with Gasteiger partial charge >= 0.3 is 5.97 Å². The molecule has 0 unspecified atom stereocenters. The van der Waals surface area contributed by atoms with Gasteiger partial charge in [0, 0.05) is 13.6 Å². The zero-order valence-electron chi connectivity index (χ0n) is 16.6. The van der Waals surface area contributed by atoms with E-state index < -0.39 is 5.97 Å². The Bertz CT molecular complexity index is 1090. The Morgan fingerprint density at radius 3 is 2.83 bits per heavy atom. The summed E-state index contributed by atoms with van der Waals surface area (Å²) in [5.41, 5.74) is 8.73. The normalized spacial score (nSPS) is 11.8. The number of nitrogens with two attached hydrogens (primary N) is 1. The number of carbonyl (C=O) groups excluding carboxylic acids is 1. The maximum absolute atomic E-state index is 12.1. The van der Waals surface area contributed by atoms with Crippen molar-refractivity contribution in [3.63, 3.8) is 0 Å². The predicted octanol–water partition coefficient (Wildman–Crippen LogP) is 2.95. The number of aromatic nitrogens is 2. The molecule has 1 aliphatic heterocycles. The van der Waals surface area contributed by atoms with Crippen molar-refractivity contribution in [1.29, 1.82) is 0 Å². The first-order valence-electron chi connectivity index (χ1n) is 9.22. The number of nitrogens with one attached hydrogen (secondary N) is 1. The minimum atomic E-state index is -0.439. The molecule has 1 aliphatic rings. The molecule has 3 N–H and O–H groups in total. The van der Waals surface area contributed by atoms with Crippen LogP contribution in [0.2, 0.25) is 0 Å². The second-order valence-corrected chi connectivity index (χ2v) is 6.57. The lowest BCUT2D eigenvalue weighted by Gasteiger charge is -2.23. The summed E-state index contributed by atoms with van der Waals surface area (Å²) in [6.45, 7) is 0.716. The fraction of sp³-hybridized carbons (Fsp3) is 0.190. The Morgan fingerprint density at radius 1 is 1.20 bits per heavy atom. The summed E-state index contributed by atoms with van der Waals surface area (Å²) in [4.78, 5) is 22.4. The Hall–Kier alpha value is -4.01. The van der Waals surface area contributed by atoms with E-state index in [9.17, 15) is 4.79 Å². The number of hydrogen-bond acceptors (Lipinski definition) is 9. The van der Waals surface area contributed by atoms with Crippen molar-refractivity contribution in [2.45, 2.75) is 6.54 Å². The monoisotopic (exact) mass is 407 g/mol. The number of nitrogens with zero attached hydrogens (tertiary/aromatic N) is 3. The summed E-state index contributed by atoms with van der Waals surface area (Å²) in [7, 11) is 3.12. The lowest BCUT2D eigenvalue weighted by Crippen LogP contribution is -2.18. The van der Waals surface area contributed by atoms with Crippen LogP contribution in [0.4, 0.5) is 23.0 Å². The van der Waals surface area contributed by atoms with Crippen molar-refractivity contribution in [2.24, 2.45) is 0 Å². The molecule has 0 bridgehead atoms. The van der Waals surface area contributed by atoms with Crippen LogP contribution in [0.1, 0.15) is 15.9 Å². The van der Waals surface area contributed by atoms with Crippen LogP contribution in [0.25, 0.3) is 0 Å². The van der Waals surface area contributed by atoms with E-state index in [1.54, 1.807) is 30.1 Å². The number of rotatable bonds is 6. The lowest BCUT2D eigenvalue weighted by molar-refractivity contribution is 0.0601. The van der Waals surface area contributed by atoms with Gasteiger partial charge in [0.15, 0.2) is 23.1 Å². The van der Waals surface area contributed by atoms with E-state index in [1.165, 1.54) is 13.4 Å². The molecule has 30 heavy (non-hydrogen) atoms. The minimum absolute atomic E-state index is 0.230. The standard InChI is InChI=1S/C21H21N5O4/c1-26(15-6-4-3-5-14(15)21(27)28-2)20-18(22)19(24-11-25-20)23-10-13-7-8-16-17(9-13)30-12-29-16/h3-9,11H,10,12,22H2,1-2H3,(H,23,24,25). The van der Waals surface area contributed by atoms with Gasteiger partial charge in [0.05, 0.1) is 18.4 Å². The number of esters is 1. The van der Waals surface area contributed by atoms with E-state index in [-0.39, 0.29) is 6.79 Å². The highest BCUT2D eigenvalue weighted by Crippen LogP contribution is 2.34. The Morgan fingerprint density at radius 2 is 2.00 bits per heavy atom. The Balaban J connectivity index is 1.57. The van der Waals surface area contributed by atoms with Crippen molar-refractivity contribution < 1.29 is 19.0 Å². The number of anilines is 4. The van der Waals surface area contributed by atoms with E-state index >= 15 is 0 Å². The second kappa shape index (κ2) is 8.16. The van der Waals surface area contributed by atoms with E-state index in [0.29, 0.717) is 40.9 Å². The molecule has 0 radical (unpaired) electrons. The van der Waals surface area contributed by atoms with E-state index in [2.05, 4.69) is 15.3 Å². The first-order chi connectivity index (χ1) is 14.6. The van der Waals surface area contributed by atoms with Gasteiger partial charge in [0.2, 0.25) is 6.79 Å². The van der Waals surface area contributed by atoms with Gasteiger partial charge in [-0.25, -0.2) is 14.8 Å². The lowest BCUT2D eigenvalue weighted by atomic mass is 10.1. The maximum Gasteiger partial charge on any atom is 0.339 e. The quantitative estimate of drug-likeness (QED) is 0.596. The molecular formula is C21H21N5O4. The SMILES string of the molecule is COC(=O)c1ccccc1N(C)c1ncnc(NCc2ccc3c(c2)OCO3)c1N. The second-order valence-electron chi connectivity index (χ2n) is 6.57. The largest absolute Gasteiger partial charge is 0.465 e. The van der Waals surface area contributed by atoms with Crippen LogP contribution in [0.15, 0.2) is 48.8 Å². The number of benzene rings is 2. The van der Waals surface area contributed by atoms with Crippen molar-refractivity contribution in [1.82, 2.24) is 9.97 Å². The Kier molecular flexibility index (Phi) is 5.25. The third-order valence-corrected chi connectivity index (χ3v) is 4.75. The molecule has 154 valence electrons. The first kappa shape index (κ1) is 19.3. The molecule has 2 aromatic carbocycles. The molecule has 0 aliphatic carbocycles. The maximum atomic E-state index is 12.1. The molecule has 2 heterocycles. The highest BCUT2D eigenvalue weighted by molar-refractivity contribution is 5.97. The molecule has 0 atom stereocenters. The summed E-state index contributed by atoms with van der Waals surface area (Å²) in [6.07, 6.45) is 1.42. The van der Waals surface area contributed by atoms with Crippen LogP contribution in [0, 0.1) is 0 Å². The third-order valence-electron chi connectivity index (χ3n) is 4.75. The van der Waals surface area contributed by atoms with Crippen LogP contribution in [-0.2, 0) is 11.3 Å². The predicted molar refractivity (Wildman–Crippen MR) is 112 cm³/mol. The molecule has 9 heteroatoms. The highest BCUT2D eigenvalue weighted by atomic mass is 16.7. The van der Waals surface area contributed by atoms with Crippen molar-refractivity contribution in [3.05, 3.63) is 59.9 Å². The summed E-state index contributed by atoms with van der Waals surface area (Å²) in [5, 5.41) is 3.22. The van der Waals surface area contributed by atoms with E-state index in [4.69, 9.17) is 19.9 Å². The number of ether oxygens (including phenoxy) is 3. The number of hydrogen-bond donors (Lipinski definition) is 2. The molecule has 9 nitrogen and oxygen atoms in total. The smallest absolute Gasteiger partial charge is 0.339 e. The minimum Gasteiger partial charge on any atom is -0.465 e. The highest BCUT2D eigenvalue weighted by Gasteiger charge is 2.19. The molecular weight excluding hydrogens is 386 g/mol. The number of fused-ring (bicyclic) bond motifs is 1. The fourth-order valence-corrected chi connectivity index (χ4v) is 3.19. The summed E-state index contributed by atoms with van der Waals surface area (Å²) in [6, 6.07) is 12.8. The van der Waals surface area contributed by atoms with Crippen LogP contribution >= 0.6 is 0 Å². The van der Waals surface area contributed by atoms with Crippen LogP contribution in [0.3, 0.4) is 0 Å². The molecule has 0 saturated carbocycles. The van der Waals surface area contributed by atoms with Gasteiger partial charge in [-0.05, 0) is 29.8 Å². The topological polar surface area (TPSA) is 112 Å². The van der Waals surface area contributed by atoms with Crippen molar-refractivity contribution in [2.75, 3.05) is 36.9 Å². The zero-order chi connectivity index (χ0) is 21.1.